The molecule has 0 saturated heterocycles. The van der Waals surface area contributed by atoms with Crippen molar-refractivity contribution in [2.24, 2.45) is 10.7 Å². The molecule has 0 saturated carbocycles. The molecule has 1 atom stereocenters. The highest BCUT2D eigenvalue weighted by Gasteiger charge is 2.24. The lowest BCUT2D eigenvalue weighted by atomic mass is 9.99. The fraction of sp³-hybridized carbons (Fsp3) is 0.200. The Morgan fingerprint density at radius 1 is 1.45 bits per heavy atom. The number of benzene rings is 1. The first-order chi connectivity index (χ1) is 13.9. The van der Waals surface area contributed by atoms with E-state index in [0.29, 0.717) is 11.1 Å². The van der Waals surface area contributed by atoms with E-state index in [-0.39, 0.29) is 40.7 Å². The molecule has 2 aromatic rings. The first-order valence-corrected chi connectivity index (χ1v) is 8.72. The number of aromatic nitrogens is 1. The van der Waals surface area contributed by atoms with Gasteiger partial charge in [0.2, 0.25) is 0 Å². The highest BCUT2D eigenvalue weighted by atomic mass is 19.1. The van der Waals surface area contributed by atoms with E-state index >= 15 is 0 Å². The summed E-state index contributed by atoms with van der Waals surface area (Å²) < 4.78 is 20.4. The zero-order valence-corrected chi connectivity index (χ0v) is 15.9. The number of nitrogens with zero attached hydrogens (tertiary/aromatic N) is 3. The molecule has 1 aromatic carbocycles. The average Bonchev–Trinajstić information content (AvgIpc) is 2.70. The van der Waals surface area contributed by atoms with E-state index in [2.05, 4.69) is 15.3 Å². The van der Waals surface area contributed by atoms with Crippen molar-refractivity contribution in [3.05, 3.63) is 58.7 Å². The first kappa shape index (κ1) is 19.8. The van der Waals surface area contributed by atoms with Gasteiger partial charge in [-0.25, -0.2) is 9.37 Å². The van der Waals surface area contributed by atoms with Crippen molar-refractivity contribution in [2.75, 3.05) is 19.3 Å². The quantitative estimate of drug-likeness (QED) is 0.632. The fourth-order valence-electron chi connectivity index (χ4n) is 3.10. The number of halogens is 1. The number of carbonyl (C=O) groups excluding carboxylic acids is 1. The van der Waals surface area contributed by atoms with Crippen molar-refractivity contribution in [1.29, 1.82) is 5.26 Å². The maximum Gasteiger partial charge on any atom is 0.254 e. The number of nitrogens with one attached hydrogen (secondary N) is 1. The predicted molar refractivity (Wildman–Crippen MR) is 107 cm³/mol. The van der Waals surface area contributed by atoms with E-state index < -0.39 is 17.8 Å². The van der Waals surface area contributed by atoms with E-state index in [1.54, 1.807) is 19.1 Å². The number of hydrogen-bond donors (Lipinski definition) is 3. The number of fused-ring (bicyclic) bond motifs is 3. The summed E-state index contributed by atoms with van der Waals surface area (Å²) in [5, 5.41) is 12.0. The maximum absolute atomic E-state index is 14.5. The summed E-state index contributed by atoms with van der Waals surface area (Å²) in [5.74, 6) is -1.03. The molecular formula is C20H19FN6O2. The normalized spacial score (nSPS) is 19.7. The van der Waals surface area contributed by atoms with Gasteiger partial charge in [-0.15, -0.1) is 0 Å². The lowest BCUT2D eigenvalue weighted by Crippen LogP contribution is -2.31. The van der Waals surface area contributed by atoms with E-state index in [9.17, 15) is 14.4 Å². The van der Waals surface area contributed by atoms with Crippen LogP contribution in [0.25, 0.3) is 5.57 Å². The van der Waals surface area contributed by atoms with Crippen molar-refractivity contribution in [3.63, 3.8) is 0 Å². The van der Waals surface area contributed by atoms with Crippen LogP contribution in [0.4, 0.5) is 10.2 Å². The zero-order valence-electron chi connectivity index (χ0n) is 15.9. The SMILES string of the molecule is CN=C(C#N)/C1=C(\N)CNC(=O)c2c(F)cccc2C(C)Oc2cc1cnc2N. The Balaban J connectivity index is 2.25. The number of nitrogens with two attached hydrogens (primary N) is 2. The summed E-state index contributed by atoms with van der Waals surface area (Å²) in [6, 6.07) is 7.85. The molecule has 1 aliphatic heterocycles. The molecular weight excluding hydrogens is 375 g/mol. The number of rotatable bonds is 1. The van der Waals surface area contributed by atoms with Gasteiger partial charge in [-0.2, -0.15) is 5.26 Å². The molecule has 1 unspecified atom stereocenters. The number of hydrogen-bond acceptors (Lipinski definition) is 7. The number of amides is 1. The van der Waals surface area contributed by atoms with Crippen molar-refractivity contribution in [3.8, 4) is 11.8 Å². The Hall–Kier alpha value is -3.93. The van der Waals surface area contributed by atoms with Gasteiger partial charge in [0.1, 0.15) is 23.7 Å². The molecule has 0 spiro atoms. The number of pyridine rings is 1. The first-order valence-electron chi connectivity index (χ1n) is 8.72. The van der Waals surface area contributed by atoms with Crippen LogP contribution in [-0.4, -0.2) is 30.2 Å². The molecule has 2 heterocycles. The molecule has 29 heavy (non-hydrogen) atoms. The van der Waals surface area contributed by atoms with Crippen LogP contribution in [-0.2, 0) is 0 Å². The molecule has 0 fully saturated rings. The highest BCUT2D eigenvalue weighted by molar-refractivity contribution is 6.32. The van der Waals surface area contributed by atoms with Crippen LogP contribution >= 0.6 is 0 Å². The van der Waals surface area contributed by atoms with Gasteiger partial charge in [0.25, 0.3) is 5.91 Å². The summed E-state index contributed by atoms with van der Waals surface area (Å²) >= 11 is 0. The number of aliphatic imine (C=N–C) groups is 1. The lowest BCUT2D eigenvalue weighted by Gasteiger charge is -2.21. The second-order valence-electron chi connectivity index (χ2n) is 6.34. The monoisotopic (exact) mass is 394 g/mol. The van der Waals surface area contributed by atoms with Crippen LogP contribution in [0.15, 0.2) is 41.2 Å². The van der Waals surface area contributed by atoms with Gasteiger partial charge in [0.15, 0.2) is 11.6 Å². The number of anilines is 1. The number of ether oxygens (including phenoxy) is 1. The smallest absolute Gasteiger partial charge is 0.254 e. The third kappa shape index (κ3) is 3.73. The van der Waals surface area contributed by atoms with Crippen LogP contribution in [0.5, 0.6) is 5.75 Å². The third-order valence-corrected chi connectivity index (χ3v) is 4.51. The minimum Gasteiger partial charge on any atom is -0.482 e. The van der Waals surface area contributed by atoms with Crippen molar-refractivity contribution >= 4 is 23.0 Å². The third-order valence-electron chi connectivity index (χ3n) is 4.51. The molecule has 9 heteroatoms. The summed E-state index contributed by atoms with van der Waals surface area (Å²) in [6.07, 6.45) is 0.740. The second-order valence-corrected chi connectivity index (χ2v) is 6.34. The molecule has 1 aliphatic rings. The number of nitrogen functional groups attached to an aromatic ring is 1. The van der Waals surface area contributed by atoms with Gasteiger partial charge in [-0.1, -0.05) is 12.1 Å². The molecule has 0 radical (unpaired) electrons. The molecule has 2 bridgehead atoms. The van der Waals surface area contributed by atoms with Gasteiger partial charge in [-0.05, 0) is 19.1 Å². The Labute approximate surface area is 166 Å². The second kappa shape index (κ2) is 7.98. The summed E-state index contributed by atoms with van der Waals surface area (Å²) in [6.45, 7) is 1.54. The molecule has 0 aliphatic carbocycles. The van der Waals surface area contributed by atoms with Gasteiger partial charge in [0, 0.05) is 35.6 Å². The van der Waals surface area contributed by atoms with Crippen LogP contribution in [0.2, 0.25) is 0 Å². The minimum absolute atomic E-state index is 0.0472. The van der Waals surface area contributed by atoms with E-state index in [1.807, 2.05) is 6.07 Å². The van der Waals surface area contributed by atoms with Crippen LogP contribution in [0.3, 0.4) is 0 Å². The van der Waals surface area contributed by atoms with Crippen molar-refractivity contribution in [1.82, 2.24) is 10.3 Å². The van der Waals surface area contributed by atoms with E-state index in [1.165, 1.54) is 25.4 Å². The minimum atomic E-state index is -0.703. The maximum atomic E-state index is 14.5. The van der Waals surface area contributed by atoms with E-state index in [4.69, 9.17) is 16.2 Å². The van der Waals surface area contributed by atoms with Gasteiger partial charge >= 0.3 is 0 Å². The fourth-order valence-corrected chi connectivity index (χ4v) is 3.10. The van der Waals surface area contributed by atoms with Gasteiger partial charge in [-0.3, -0.25) is 9.79 Å². The lowest BCUT2D eigenvalue weighted by molar-refractivity contribution is 0.0947. The van der Waals surface area contributed by atoms with Crippen LogP contribution < -0.4 is 21.5 Å². The highest BCUT2D eigenvalue weighted by Crippen LogP contribution is 2.32. The largest absolute Gasteiger partial charge is 0.482 e. The standard InChI is InChI=1S/C20H19FN6O2/c1-10-12-4-3-5-13(21)18(12)20(28)27-9-14(23)17(15(7-22)25-2)11-6-16(29-10)19(24)26-8-11/h3-6,8,10H,9,23H2,1-2H3,(H2,24,26)(H,27,28)/b17-14-,25-15?. The topological polar surface area (TPSA) is 139 Å². The van der Waals surface area contributed by atoms with E-state index in [0.717, 1.165) is 0 Å². The molecule has 1 amide bonds. The Bertz CT molecular complexity index is 1090. The predicted octanol–water partition coefficient (Wildman–Crippen LogP) is 1.95. The molecule has 3 rings (SSSR count). The summed E-state index contributed by atoms with van der Waals surface area (Å²) in [4.78, 5) is 20.8. The molecule has 5 N–H and O–H groups in total. The molecule has 8 nitrogen and oxygen atoms in total. The molecule has 148 valence electrons. The van der Waals surface area contributed by atoms with Crippen molar-refractivity contribution in [2.45, 2.75) is 13.0 Å². The Morgan fingerprint density at radius 3 is 2.90 bits per heavy atom. The Morgan fingerprint density at radius 2 is 2.21 bits per heavy atom. The zero-order chi connectivity index (χ0) is 21.1. The number of allylic oxidation sites excluding steroid dienone is 1. The van der Waals surface area contributed by atoms with Gasteiger partial charge in [0.05, 0.1) is 12.1 Å². The van der Waals surface area contributed by atoms with Gasteiger partial charge < -0.3 is 21.5 Å². The average molecular weight is 394 g/mol. The van der Waals surface area contributed by atoms with Crippen LogP contribution in [0, 0.1) is 17.1 Å². The number of carbonyl (C=O) groups is 1. The number of nitriles is 1. The van der Waals surface area contributed by atoms with Crippen LogP contribution in [0.1, 0.15) is 34.5 Å². The summed E-state index contributed by atoms with van der Waals surface area (Å²) in [7, 11) is 1.45. The molecule has 1 aromatic heterocycles. The summed E-state index contributed by atoms with van der Waals surface area (Å²) in [5.41, 5.74) is 13.3. The van der Waals surface area contributed by atoms with Crippen molar-refractivity contribution < 1.29 is 13.9 Å². The Kier molecular flexibility index (Phi) is 5.45.